The van der Waals surface area contributed by atoms with Crippen LogP contribution in [0.5, 0.6) is 0 Å². The number of likely N-dealkylation sites (N-methyl/N-ethyl adjacent to an activating group) is 1. The van der Waals surface area contributed by atoms with Gasteiger partial charge in [-0.2, -0.15) is 0 Å². The minimum atomic E-state index is -1.05. The lowest BCUT2D eigenvalue weighted by Gasteiger charge is -2.35. The third-order valence-electron chi connectivity index (χ3n) is 9.77. The number of Topliss-reactive ketones (excluding diaryl/α,β-unsaturated/α-hetero) is 1. The van der Waals surface area contributed by atoms with Crippen molar-refractivity contribution in [2.75, 3.05) is 13.6 Å². The summed E-state index contributed by atoms with van der Waals surface area (Å²) in [6, 6.07) is 7.76. The first-order chi connectivity index (χ1) is 22.8. The van der Waals surface area contributed by atoms with Gasteiger partial charge in [-0.3, -0.25) is 24.0 Å². The second-order valence-electron chi connectivity index (χ2n) is 14.6. The van der Waals surface area contributed by atoms with E-state index in [-0.39, 0.29) is 36.6 Å². The van der Waals surface area contributed by atoms with Gasteiger partial charge >= 0.3 is 0 Å². The molecule has 3 fully saturated rings. The van der Waals surface area contributed by atoms with Gasteiger partial charge in [-0.25, -0.2) is 0 Å². The molecule has 6 atom stereocenters. The van der Waals surface area contributed by atoms with Crippen LogP contribution in [0.4, 0.5) is 0 Å². The van der Waals surface area contributed by atoms with Gasteiger partial charge in [-0.1, -0.05) is 62.5 Å². The van der Waals surface area contributed by atoms with Crippen molar-refractivity contribution in [1.29, 1.82) is 0 Å². The number of hydrogen-bond acceptors (Lipinski definition) is 8. The van der Waals surface area contributed by atoms with Gasteiger partial charge < -0.3 is 30.1 Å². The van der Waals surface area contributed by atoms with Gasteiger partial charge in [-0.05, 0) is 48.4 Å². The first kappa shape index (κ1) is 33.7. The van der Waals surface area contributed by atoms with Crippen molar-refractivity contribution in [2.24, 2.45) is 22.4 Å². The fourth-order valence-corrected chi connectivity index (χ4v) is 6.98. The number of hydrogen-bond donors (Lipinski definition) is 3. The predicted octanol–water partition coefficient (Wildman–Crippen LogP) is 3.33. The van der Waals surface area contributed by atoms with Crippen molar-refractivity contribution >= 4 is 46.7 Å². The number of amides is 4. The van der Waals surface area contributed by atoms with E-state index in [4.69, 9.17) is 20.9 Å². The van der Waals surface area contributed by atoms with E-state index in [2.05, 4.69) is 21.1 Å². The molecule has 1 aromatic heterocycles. The maximum atomic E-state index is 14.6. The highest BCUT2D eigenvalue weighted by Crippen LogP contribution is 2.48. The van der Waals surface area contributed by atoms with Crippen LogP contribution < -0.4 is 16.0 Å². The van der Waals surface area contributed by atoms with Crippen LogP contribution in [0.2, 0.25) is 5.02 Å². The van der Waals surface area contributed by atoms with Gasteiger partial charge in [0, 0.05) is 42.3 Å². The van der Waals surface area contributed by atoms with Gasteiger partial charge in [0.15, 0.2) is 5.60 Å². The number of carbonyl (C=O) groups is 5. The van der Waals surface area contributed by atoms with Crippen LogP contribution in [0, 0.1) is 17.3 Å². The minimum Gasteiger partial charge on any atom is -0.469 e. The Bertz CT molecular complexity index is 1630. The zero-order chi connectivity index (χ0) is 34.4. The number of furan rings is 1. The van der Waals surface area contributed by atoms with Crippen molar-refractivity contribution in [3.63, 3.8) is 0 Å². The van der Waals surface area contributed by atoms with Gasteiger partial charge in [0.1, 0.15) is 17.8 Å². The van der Waals surface area contributed by atoms with Gasteiger partial charge in [0.2, 0.25) is 23.5 Å². The number of halogens is 1. The molecule has 0 radical (unpaired) electrons. The Labute approximate surface area is 284 Å². The van der Waals surface area contributed by atoms with Gasteiger partial charge in [-0.15, -0.1) is 0 Å². The molecular formula is C35H42ClN5O7. The second kappa shape index (κ2) is 13.0. The lowest BCUT2D eigenvalue weighted by Crippen LogP contribution is -2.59. The van der Waals surface area contributed by atoms with Crippen LogP contribution in [-0.4, -0.2) is 77.3 Å². The molecule has 0 unspecified atom stereocenters. The molecule has 2 aliphatic heterocycles. The molecule has 6 rings (SSSR count). The van der Waals surface area contributed by atoms with Crippen molar-refractivity contribution in [2.45, 2.75) is 88.9 Å². The first-order valence-electron chi connectivity index (χ1n) is 16.5. The van der Waals surface area contributed by atoms with E-state index >= 15 is 0 Å². The Morgan fingerprint density at radius 1 is 1.08 bits per heavy atom. The van der Waals surface area contributed by atoms with Crippen molar-refractivity contribution < 1.29 is 33.2 Å². The van der Waals surface area contributed by atoms with E-state index in [1.807, 2.05) is 39.0 Å². The molecule has 3 N–H and O–H groups in total. The zero-order valence-corrected chi connectivity index (χ0v) is 28.3. The fraction of sp³-hybridized carbons (Fsp3) is 0.543. The number of carbonyl (C=O) groups excluding carboxylic acids is 5. The van der Waals surface area contributed by atoms with E-state index in [0.717, 1.165) is 24.2 Å². The van der Waals surface area contributed by atoms with E-state index < -0.39 is 52.6 Å². The van der Waals surface area contributed by atoms with Crippen molar-refractivity contribution in [1.82, 2.24) is 20.9 Å². The minimum absolute atomic E-state index is 0.0229. The summed E-state index contributed by atoms with van der Waals surface area (Å²) in [6.45, 7) is 5.59. The molecule has 2 aliphatic carbocycles. The number of nitrogens with one attached hydrogen (secondary N) is 3. The van der Waals surface area contributed by atoms with Crippen LogP contribution in [0.1, 0.15) is 76.5 Å². The van der Waals surface area contributed by atoms with Crippen LogP contribution in [-0.2, 0) is 28.8 Å². The largest absolute Gasteiger partial charge is 0.469 e. The second-order valence-corrected chi connectivity index (χ2v) is 15.1. The molecule has 48 heavy (non-hydrogen) atoms. The quantitative estimate of drug-likeness (QED) is 0.307. The molecule has 256 valence electrons. The monoisotopic (exact) mass is 679 g/mol. The lowest BCUT2D eigenvalue weighted by molar-refractivity contribution is -0.145. The maximum absolute atomic E-state index is 14.6. The lowest BCUT2D eigenvalue weighted by atomic mass is 9.85. The number of rotatable bonds is 11. The summed E-state index contributed by atoms with van der Waals surface area (Å²) in [5.41, 5.74) is -0.354. The Morgan fingerprint density at radius 2 is 1.85 bits per heavy atom. The van der Waals surface area contributed by atoms with Crippen LogP contribution in [0.15, 0.2) is 52.2 Å². The Morgan fingerprint density at radius 3 is 2.50 bits per heavy atom. The summed E-state index contributed by atoms with van der Waals surface area (Å²) in [5, 5.41) is 13.0. The van der Waals surface area contributed by atoms with E-state index in [0.29, 0.717) is 30.0 Å². The average Bonchev–Trinajstić information content (AvgIpc) is 3.88. The third-order valence-corrected chi connectivity index (χ3v) is 10.0. The van der Waals surface area contributed by atoms with Crippen LogP contribution in [0.25, 0.3) is 0 Å². The predicted molar refractivity (Wildman–Crippen MR) is 176 cm³/mol. The molecule has 2 saturated carbocycles. The highest BCUT2D eigenvalue weighted by atomic mass is 35.5. The van der Waals surface area contributed by atoms with Crippen molar-refractivity contribution in [3.05, 3.63) is 59.0 Å². The fourth-order valence-electron chi connectivity index (χ4n) is 6.79. The zero-order valence-electron chi connectivity index (χ0n) is 27.6. The van der Waals surface area contributed by atoms with Gasteiger partial charge in [0.25, 0.3) is 5.91 Å². The molecule has 4 amide bonds. The molecule has 3 heterocycles. The molecule has 2 aromatic rings. The highest BCUT2D eigenvalue weighted by Gasteiger charge is 2.56. The molecule has 1 spiro atoms. The number of benzene rings is 1. The molecule has 1 aromatic carbocycles. The van der Waals surface area contributed by atoms with E-state index in [1.165, 1.54) is 11.9 Å². The van der Waals surface area contributed by atoms with Gasteiger partial charge in [0.05, 0.1) is 24.6 Å². The van der Waals surface area contributed by atoms with E-state index in [9.17, 15) is 24.0 Å². The van der Waals surface area contributed by atoms with Crippen LogP contribution >= 0.6 is 11.6 Å². The van der Waals surface area contributed by atoms with Crippen molar-refractivity contribution in [3.8, 4) is 0 Å². The standard InChI is InChI=1S/C35H42ClN5O7/c1-34(2,3)29(39-30(43)23-15-22(23)27-9-6-12-47-27)33(46)41-18-35(16-25(40-48-35)20-7-5-8-21(36)14-20)17-26(41)31(44)38-24(13-19-10-11-19)28(42)32(45)37-4/h5-9,12,14,19,22-24,26,29H,10-11,13,15-18H2,1-4H3,(H,37,45)(H,38,44)(H,39,43)/t22-,23-,24+,26+,29-,35-/m1/s1. The molecule has 4 aliphatic rings. The summed E-state index contributed by atoms with van der Waals surface area (Å²) in [6.07, 6.45) is 4.75. The number of ketones is 1. The summed E-state index contributed by atoms with van der Waals surface area (Å²) >= 11 is 6.24. The molecule has 1 saturated heterocycles. The van der Waals surface area contributed by atoms with Crippen LogP contribution in [0.3, 0.4) is 0 Å². The number of oxime groups is 1. The molecule has 12 nitrogen and oxygen atoms in total. The Kier molecular flexibility index (Phi) is 9.14. The Hall–Kier alpha value is -4.19. The molecule has 13 heteroatoms. The molecule has 0 bridgehead atoms. The topological polar surface area (TPSA) is 159 Å². The number of nitrogens with zero attached hydrogens (tertiary/aromatic N) is 2. The summed E-state index contributed by atoms with van der Waals surface area (Å²) in [5.74, 6) is -2.22. The number of likely N-dealkylation sites (tertiary alicyclic amines) is 1. The summed E-state index contributed by atoms with van der Waals surface area (Å²) < 4.78 is 5.50. The first-order valence-corrected chi connectivity index (χ1v) is 16.9. The SMILES string of the molecule is CNC(=O)C(=O)[C@H](CC1CC1)NC(=O)[C@@H]1C[C@]2(CC(c3cccc(Cl)c3)=NO2)CN1C(=O)[C@@H](NC(=O)[C@@H]1C[C@H]1c1ccco1)C(C)(C)C. The normalized spacial score (nSPS) is 25.9. The smallest absolute Gasteiger partial charge is 0.289 e. The summed E-state index contributed by atoms with van der Waals surface area (Å²) in [7, 11) is 1.37. The Balaban J connectivity index is 1.25. The summed E-state index contributed by atoms with van der Waals surface area (Å²) in [4.78, 5) is 75.0. The molecular weight excluding hydrogens is 638 g/mol. The maximum Gasteiger partial charge on any atom is 0.289 e. The third kappa shape index (κ3) is 7.13. The highest BCUT2D eigenvalue weighted by molar-refractivity contribution is 6.38. The van der Waals surface area contributed by atoms with E-state index in [1.54, 1.807) is 24.5 Å². The average molecular weight is 680 g/mol.